The van der Waals surface area contributed by atoms with Gasteiger partial charge in [0.25, 0.3) is 0 Å². The number of phenolic OH excluding ortho intramolecular Hbond substituents is 1. The second-order valence-corrected chi connectivity index (χ2v) is 6.88. The zero-order chi connectivity index (χ0) is 15.5. The predicted octanol–water partition coefficient (Wildman–Crippen LogP) is 5.74. The monoisotopic (exact) mass is 290 g/mol. The van der Waals surface area contributed by atoms with E-state index in [1.807, 2.05) is 30.3 Å². The van der Waals surface area contributed by atoms with Crippen LogP contribution in [0.1, 0.15) is 26.3 Å². The van der Waals surface area contributed by atoms with Crippen LogP contribution in [0.25, 0.3) is 32.7 Å². The molecule has 0 aliphatic rings. The molecule has 1 N–H and O–H groups in total. The van der Waals surface area contributed by atoms with Gasteiger partial charge in [-0.3, -0.25) is 0 Å². The van der Waals surface area contributed by atoms with E-state index in [4.69, 9.17) is 4.42 Å². The summed E-state index contributed by atoms with van der Waals surface area (Å²) in [6, 6.07) is 16.0. The van der Waals surface area contributed by atoms with Crippen LogP contribution in [0.15, 0.2) is 52.9 Å². The van der Waals surface area contributed by atoms with Crippen molar-refractivity contribution in [3.05, 3.63) is 54.1 Å². The van der Waals surface area contributed by atoms with Crippen LogP contribution in [-0.2, 0) is 5.41 Å². The Morgan fingerprint density at radius 1 is 0.909 bits per heavy atom. The molecule has 0 saturated heterocycles. The first-order valence-corrected chi connectivity index (χ1v) is 7.52. The van der Waals surface area contributed by atoms with E-state index in [0.717, 1.165) is 32.9 Å². The normalized spacial score (nSPS) is 12.5. The topological polar surface area (TPSA) is 33.4 Å². The summed E-state index contributed by atoms with van der Waals surface area (Å²) in [4.78, 5) is 0. The van der Waals surface area contributed by atoms with Gasteiger partial charge in [-0.15, -0.1) is 0 Å². The number of aromatic hydroxyl groups is 1. The molecule has 0 spiro atoms. The average molecular weight is 290 g/mol. The Kier molecular flexibility index (Phi) is 2.56. The molecule has 0 aliphatic carbocycles. The minimum Gasteiger partial charge on any atom is -0.508 e. The van der Waals surface area contributed by atoms with E-state index in [1.165, 1.54) is 5.39 Å². The lowest BCUT2D eigenvalue weighted by atomic mass is 9.85. The van der Waals surface area contributed by atoms with Crippen molar-refractivity contribution in [1.29, 1.82) is 0 Å². The first-order chi connectivity index (χ1) is 10.4. The second kappa shape index (κ2) is 4.26. The molecule has 0 aliphatic heterocycles. The molecule has 22 heavy (non-hydrogen) atoms. The molecule has 110 valence electrons. The molecule has 0 amide bonds. The van der Waals surface area contributed by atoms with Crippen molar-refractivity contribution >= 4 is 32.7 Å². The van der Waals surface area contributed by atoms with E-state index in [2.05, 4.69) is 39.0 Å². The molecule has 0 unspecified atom stereocenters. The Bertz CT molecular complexity index is 1020. The molecule has 0 atom stereocenters. The van der Waals surface area contributed by atoms with Crippen molar-refractivity contribution in [2.75, 3.05) is 0 Å². The summed E-state index contributed by atoms with van der Waals surface area (Å²) in [6.45, 7) is 6.39. The summed E-state index contributed by atoms with van der Waals surface area (Å²) in [5, 5.41) is 14.6. The van der Waals surface area contributed by atoms with E-state index >= 15 is 0 Å². The molecule has 3 aromatic carbocycles. The number of benzene rings is 3. The molecular weight excluding hydrogens is 272 g/mol. The molecule has 4 aromatic rings. The largest absolute Gasteiger partial charge is 0.508 e. The van der Waals surface area contributed by atoms with Crippen molar-refractivity contribution in [1.82, 2.24) is 0 Å². The Morgan fingerprint density at radius 2 is 1.68 bits per heavy atom. The smallest absolute Gasteiger partial charge is 0.139 e. The van der Waals surface area contributed by atoms with Gasteiger partial charge in [-0.25, -0.2) is 0 Å². The third-order valence-electron chi connectivity index (χ3n) is 4.25. The number of furan rings is 1. The number of fused-ring (bicyclic) bond motifs is 5. The van der Waals surface area contributed by atoms with Gasteiger partial charge >= 0.3 is 0 Å². The summed E-state index contributed by atoms with van der Waals surface area (Å²) >= 11 is 0. The van der Waals surface area contributed by atoms with Crippen molar-refractivity contribution in [3.8, 4) is 5.75 Å². The molecular formula is C20H18O2. The van der Waals surface area contributed by atoms with E-state index in [-0.39, 0.29) is 11.2 Å². The predicted molar refractivity (Wildman–Crippen MR) is 91.6 cm³/mol. The van der Waals surface area contributed by atoms with Crippen molar-refractivity contribution in [3.63, 3.8) is 0 Å². The fraction of sp³-hybridized carbons (Fsp3) is 0.200. The van der Waals surface area contributed by atoms with Gasteiger partial charge in [0.2, 0.25) is 0 Å². The van der Waals surface area contributed by atoms with E-state index in [1.54, 1.807) is 0 Å². The third-order valence-corrected chi connectivity index (χ3v) is 4.25. The summed E-state index contributed by atoms with van der Waals surface area (Å²) in [5.41, 5.74) is 2.67. The maximum Gasteiger partial charge on any atom is 0.139 e. The van der Waals surface area contributed by atoms with Crippen LogP contribution in [0.3, 0.4) is 0 Å². The van der Waals surface area contributed by atoms with Crippen molar-refractivity contribution in [2.24, 2.45) is 0 Å². The lowest BCUT2D eigenvalue weighted by Crippen LogP contribution is -2.11. The Balaban J connectivity index is 2.27. The van der Waals surface area contributed by atoms with Gasteiger partial charge < -0.3 is 9.52 Å². The quantitative estimate of drug-likeness (QED) is 0.448. The highest BCUT2D eigenvalue weighted by atomic mass is 16.3. The SMILES string of the molecule is CC(C)(C)c1cc(O)cc2c1oc1ccc3ccccc3c12. The first-order valence-electron chi connectivity index (χ1n) is 7.52. The average Bonchev–Trinajstić information content (AvgIpc) is 2.84. The lowest BCUT2D eigenvalue weighted by molar-refractivity contribution is 0.471. The molecule has 2 nitrogen and oxygen atoms in total. The summed E-state index contributed by atoms with van der Waals surface area (Å²) in [6.07, 6.45) is 0. The molecule has 0 radical (unpaired) electrons. The fourth-order valence-corrected chi connectivity index (χ4v) is 3.19. The molecule has 1 heterocycles. The number of hydrogen-bond donors (Lipinski definition) is 1. The molecule has 0 saturated carbocycles. The summed E-state index contributed by atoms with van der Waals surface area (Å²) in [7, 11) is 0. The summed E-state index contributed by atoms with van der Waals surface area (Å²) < 4.78 is 6.16. The van der Waals surface area contributed by atoms with Gasteiger partial charge in [-0.1, -0.05) is 51.1 Å². The minimum absolute atomic E-state index is 0.0966. The van der Waals surface area contributed by atoms with Gasteiger partial charge in [0.05, 0.1) is 0 Å². The van der Waals surface area contributed by atoms with Gasteiger partial charge in [-0.05, 0) is 34.4 Å². The van der Waals surface area contributed by atoms with Crippen LogP contribution in [0, 0.1) is 0 Å². The minimum atomic E-state index is -0.0966. The molecule has 2 heteroatoms. The van der Waals surface area contributed by atoms with Crippen molar-refractivity contribution < 1.29 is 9.52 Å². The number of hydrogen-bond acceptors (Lipinski definition) is 2. The van der Waals surface area contributed by atoms with E-state index in [9.17, 15) is 5.11 Å². The van der Waals surface area contributed by atoms with Crippen LogP contribution in [-0.4, -0.2) is 5.11 Å². The van der Waals surface area contributed by atoms with Gasteiger partial charge in [0.1, 0.15) is 16.9 Å². The molecule has 0 fully saturated rings. The van der Waals surface area contributed by atoms with Gasteiger partial charge in [0.15, 0.2) is 0 Å². The maximum atomic E-state index is 10.2. The lowest BCUT2D eigenvalue weighted by Gasteiger charge is -2.19. The molecule has 0 bridgehead atoms. The highest BCUT2D eigenvalue weighted by molar-refractivity contribution is 6.19. The standard InChI is InChI=1S/C20H18O2/c1-20(2,3)16-11-13(21)10-15-18-14-7-5-4-6-12(14)8-9-17(18)22-19(15)16/h4-11,21H,1-3H3. The molecule has 4 rings (SSSR count). The highest BCUT2D eigenvalue weighted by Crippen LogP contribution is 2.41. The van der Waals surface area contributed by atoms with E-state index < -0.39 is 0 Å². The van der Waals surface area contributed by atoms with Gasteiger partial charge in [-0.2, -0.15) is 0 Å². The van der Waals surface area contributed by atoms with Crippen molar-refractivity contribution in [2.45, 2.75) is 26.2 Å². The van der Waals surface area contributed by atoms with Gasteiger partial charge in [0, 0.05) is 16.3 Å². The van der Waals surface area contributed by atoms with Crippen LogP contribution >= 0.6 is 0 Å². The fourth-order valence-electron chi connectivity index (χ4n) is 3.19. The van der Waals surface area contributed by atoms with Crippen LogP contribution in [0.2, 0.25) is 0 Å². The molecule has 1 aromatic heterocycles. The summed E-state index contributed by atoms with van der Waals surface area (Å²) in [5.74, 6) is 0.285. The van der Waals surface area contributed by atoms with Crippen LogP contribution in [0.4, 0.5) is 0 Å². The second-order valence-electron chi connectivity index (χ2n) is 6.88. The Hall–Kier alpha value is -2.48. The zero-order valence-corrected chi connectivity index (χ0v) is 13.0. The van der Waals surface area contributed by atoms with E-state index in [0.29, 0.717) is 0 Å². The Morgan fingerprint density at radius 3 is 2.45 bits per heavy atom. The Labute approximate surface area is 129 Å². The zero-order valence-electron chi connectivity index (χ0n) is 13.0. The maximum absolute atomic E-state index is 10.2. The first kappa shape index (κ1) is 13.2. The van der Waals surface area contributed by atoms with Crippen LogP contribution in [0.5, 0.6) is 5.75 Å². The highest BCUT2D eigenvalue weighted by Gasteiger charge is 2.22. The third kappa shape index (κ3) is 1.80. The number of phenols is 1. The number of rotatable bonds is 0. The van der Waals surface area contributed by atoms with Crippen LogP contribution < -0.4 is 0 Å².